The lowest BCUT2D eigenvalue weighted by Crippen LogP contribution is -2.08. The fourth-order valence-corrected chi connectivity index (χ4v) is 4.01. The Hall–Kier alpha value is -1.82. The molecule has 0 radical (unpaired) electrons. The van der Waals surface area contributed by atoms with E-state index in [2.05, 4.69) is 38.1 Å². The lowest BCUT2D eigenvalue weighted by Gasteiger charge is -2.11. The molecule has 5 nitrogen and oxygen atoms in total. The summed E-state index contributed by atoms with van der Waals surface area (Å²) in [7, 11) is 0. The first-order valence-electron chi connectivity index (χ1n) is 12.5. The molecule has 2 rings (SSSR count). The normalized spacial score (nSPS) is 10.9. The van der Waals surface area contributed by atoms with Crippen LogP contribution < -0.4 is 15.8 Å². The molecule has 0 aliphatic rings. The van der Waals surface area contributed by atoms with Gasteiger partial charge in [-0.25, -0.2) is 4.98 Å². The SMILES string of the molecule is CCCCCCCCCCCCCCCCNc1ncnc(Oc2ccc(Br)cc2)c1N. The van der Waals surface area contributed by atoms with Crippen LogP contribution in [0.2, 0.25) is 0 Å². The first kappa shape index (κ1) is 26.4. The van der Waals surface area contributed by atoms with Crippen molar-refractivity contribution in [1.82, 2.24) is 9.97 Å². The van der Waals surface area contributed by atoms with Crippen LogP contribution in [0, 0.1) is 0 Å². The number of aromatic nitrogens is 2. The number of nitrogen functional groups attached to an aromatic ring is 1. The molecule has 178 valence electrons. The Kier molecular flexibility index (Phi) is 13.8. The van der Waals surface area contributed by atoms with Crippen LogP contribution in [0.4, 0.5) is 11.5 Å². The third-order valence-electron chi connectivity index (χ3n) is 5.70. The van der Waals surface area contributed by atoms with Gasteiger partial charge in [-0.3, -0.25) is 0 Å². The summed E-state index contributed by atoms with van der Waals surface area (Å²) in [5.41, 5.74) is 6.65. The average Bonchev–Trinajstić information content (AvgIpc) is 2.80. The lowest BCUT2D eigenvalue weighted by molar-refractivity contribution is 0.464. The zero-order valence-corrected chi connectivity index (χ0v) is 21.3. The maximum absolute atomic E-state index is 6.20. The number of nitrogens with one attached hydrogen (secondary N) is 1. The Morgan fingerprint density at radius 2 is 1.31 bits per heavy atom. The standard InChI is InChI=1S/C26H41BrN4O/c1-2-3-4-5-6-7-8-9-10-11-12-13-14-15-20-29-25-24(28)26(31-21-30-25)32-23-18-16-22(27)17-19-23/h16-19,21H,2-15,20,28H2,1H3,(H,29,30,31). The highest BCUT2D eigenvalue weighted by atomic mass is 79.9. The summed E-state index contributed by atoms with van der Waals surface area (Å²) < 4.78 is 6.79. The van der Waals surface area contributed by atoms with Crippen molar-refractivity contribution in [3.8, 4) is 11.6 Å². The average molecular weight is 506 g/mol. The summed E-state index contributed by atoms with van der Waals surface area (Å²) in [6.07, 6.45) is 20.5. The molecule has 6 heteroatoms. The molecular formula is C26H41BrN4O. The quantitative estimate of drug-likeness (QED) is 0.199. The van der Waals surface area contributed by atoms with Gasteiger partial charge in [0.15, 0.2) is 5.82 Å². The van der Waals surface area contributed by atoms with E-state index in [-0.39, 0.29) is 0 Å². The van der Waals surface area contributed by atoms with Crippen LogP contribution in [0.1, 0.15) is 96.8 Å². The van der Waals surface area contributed by atoms with Crippen molar-refractivity contribution in [3.63, 3.8) is 0 Å². The van der Waals surface area contributed by atoms with E-state index in [0.717, 1.165) is 17.4 Å². The third-order valence-corrected chi connectivity index (χ3v) is 6.23. The number of hydrogen-bond acceptors (Lipinski definition) is 5. The minimum absolute atomic E-state index is 0.380. The van der Waals surface area contributed by atoms with E-state index in [1.165, 1.54) is 89.8 Å². The minimum Gasteiger partial charge on any atom is -0.437 e. The Morgan fingerprint density at radius 1 is 0.781 bits per heavy atom. The number of unbranched alkanes of at least 4 members (excludes halogenated alkanes) is 13. The molecule has 0 atom stereocenters. The summed E-state index contributed by atoms with van der Waals surface area (Å²) in [6.45, 7) is 3.14. The number of benzene rings is 1. The highest BCUT2D eigenvalue weighted by Crippen LogP contribution is 2.29. The zero-order chi connectivity index (χ0) is 22.9. The summed E-state index contributed by atoms with van der Waals surface area (Å²) in [4.78, 5) is 8.43. The highest BCUT2D eigenvalue weighted by molar-refractivity contribution is 9.10. The molecular weight excluding hydrogens is 464 g/mol. The number of halogens is 1. The number of anilines is 2. The maximum Gasteiger partial charge on any atom is 0.248 e. The van der Waals surface area contributed by atoms with Crippen LogP contribution in [-0.2, 0) is 0 Å². The molecule has 0 saturated carbocycles. The van der Waals surface area contributed by atoms with Gasteiger partial charge in [0.25, 0.3) is 0 Å². The Labute approximate surface area is 203 Å². The van der Waals surface area contributed by atoms with E-state index in [9.17, 15) is 0 Å². The molecule has 1 heterocycles. The maximum atomic E-state index is 6.20. The molecule has 0 amide bonds. The number of nitrogens with two attached hydrogens (primary N) is 1. The fourth-order valence-electron chi connectivity index (χ4n) is 3.74. The molecule has 1 aromatic heterocycles. The summed E-state index contributed by atoms with van der Waals surface area (Å²) in [5.74, 6) is 1.71. The van der Waals surface area contributed by atoms with E-state index in [1.807, 2.05) is 24.3 Å². The van der Waals surface area contributed by atoms with Crippen LogP contribution >= 0.6 is 15.9 Å². The molecule has 0 aliphatic heterocycles. The number of hydrogen-bond donors (Lipinski definition) is 2. The first-order valence-corrected chi connectivity index (χ1v) is 13.3. The molecule has 1 aromatic carbocycles. The van der Waals surface area contributed by atoms with Gasteiger partial charge in [0.05, 0.1) is 0 Å². The molecule has 0 aliphatic carbocycles. The number of rotatable bonds is 18. The zero-order valence-electron chi connectivity index (χ0n) is 19.8. The smallest absolute Gasteiger partial charge is 0.248 e. The second kappa shape index (κ2) is 16.8. The molecule has 32 heavy (non-hydrogen) atoms. The van der Waals surface area contributed by atoms with Gasteiger partial charge < -0.3 is 15.8 Å². The van der Waals surface area contributed by atoms with Crippen molar-refractivity contribution < 1.29 is 4.74 Å². The van der Waals surface area contributed by atoms with E-state index < -0.39 is 0 Å². The monoisotopic (exact) mass is 504 g/mol. The third kappa shape index (κ3) is 11.2. The van der Waals surface area contributed by atoms with E-state index in [4.69, 9.17) is 10.5 Å². The van der Waals surface area contributed by atoms with Gasteiger partial charge in [-0.1, -0.05) is 106 Å². The Morgan fingerprint density at radius 3 is 1.88 bits per heavy atom. The number of nitrogens with zero attached hydrogens (tertiary/aromatic N) is 2. The Bertz CT molecular complexity index is 739. The van der Waals surface area contributed by atoms with Crippen molar-refractivity contribution in [2.45, 2.75) is 96.8 Å². The van der Waals surface area contributed by atoms with E-state index in [0.29, 0.717) is 23.1 Å². The van der Waals surface area contributed by atoms with Crippen molar-refractivity contribution >= 4 is 27.4 Å². The topological polar surface area (TPSA) is 73.1 Å². The van der Waals surface area contributed by atoms with E-state index in [1.54, 1.807) is 0 Å². The first-order chi connectivity index (χ1) is 15.7. The molecule has 0 fully saturated rings. The van der Waals surface area contributed by atoms with E-state index >= 15 is 0 Å². The van der Waals surface area contributed by atoms with Crippen LogP contribution in [0.3, 0.4) is 0 Å². The summed E-state index contributed by atoms with van der Waals surface area (Å²) in [6, 6.07) is 7.57. The Balaban J connectivity index is 1.50. The van der Waals surface area contributed by atoms with Crippen molar-refractivity contribution in [2.75, 3.05) is 17.6 Å². The van der Waals surface area contributed by atoms with Crippen molar-refractivity contribution in [1.29, 1.82) is 0 Å². The molecule has 0 saturated heterocycles. The second-order valence-corrected chi connectivity index (χ2v) is 9.44. The molecule has 0 spiro atoms. The van der Waals surface area contributed by atoms with Gasteiger partial charge in [0.1, 0.15) is 17.8 Å². The fraction of sp³-hybridized carbons (Fsp3) is 0.615. The van der Waals surface area contributed by atoms with Crippen molar-refractivity contribution in [2.24, 2.45) is 0 Å². The predicted octanol–water partition coefficient (Wildman–Crippen LogP) is 8.51. The van der Waals surface area contributed by atoms with Gasteiger partial charge in [-0.2, -0.15) is 4.98 Å². The summed E-state index contributed by atoms with van der Waals surface area (Å²) in [5, 5.41) is 3.33. The molecule has 0 bridgehead atoms. The molecule has 2 aromatic rings. The van der Waals surface area contributed by atoms with Crippen molar-refractivity contribution in [3.05, 3.63) is 35.1 Å². The molecule has 0 unspecified atom stereocenters. The molecule has 3 N–H and O–H groups in total. The number of ether oxygens (including phenoxy) is 1. The van der Waals surface area contributed by atoms with Gasteiger partial charge >= 0.3 is 0 Å². The lowest BCUT2D eigenvalue weighted by atomic mass is 10.0. The summed E-state index contributed by atoms with van der Waals surface area (Å²) >= 11 is 3.42. The second-order valence-electron chi connectivity index (χ2n) is 8.52. The van der Waals surface area contributed by atoms with Crippen LogP contribution in [0.25, 0.3) is 0 Å². The van der Waals surface area contributed by atoms with Gasteiger partial charge in [-0.15, -0.1) is 0 Å². The van der Waals surface area contributed by atoms with Gasteiger partial charge in [-0.05, 0) is 30.7 Å². The van der Waals surface area contributed by atoms with Crippen LogP contribution in [0.5, 0.6) is 11.6 Å². The van der Waals surface area contributed by atoms with Crippen LogP contribution in [0.15, 0.2) is 35.1 Å². The highest BCUT2D eigenvalue weighted by Gasteiger charge is 2.10. The van der Waals surface area contributed by atoms with Gasteiger partial charge in [0, 0.05) is 11.0 Å². The predicted molar refractivity (Wildman–Crippen MR) is 139 cm³/mol. The minimum atomic E-state index is 0.380. The van der Waals surface area contributed by atoms with Gasteiger partial charge in [0.2, 0.25) is 5.88 Å². The van der Waals surface area contributed by atoms with Crippen LogP contribution in [-0.4, -0.2) is 16.5 Å². The largest absolute Gasteiger partial charge is 0.437 e.